The van der Waals surface area contributed by atoms with Crippen LogP contribution in [-0.4, -0.2) is 10.9 Å². The van der Waals surface area contributed by atoms with Gasteiger partial charge in [0.15, 0.2) is 0 Å². The molecular weight excluding hydrogens is 272 g/mol. The van der Waals surface area contributed by atoms with Crippen molar-refractivity contribution < 1.29 is 4.79 Å². The second-order valence-corrected chi connectivity index (χ2v) is 5.45. The van der Waals surface area contributed by atoms with Crippen LogP contribution in [0.3, 0.4) is 0 Å². The van der Waals surface area contributed by atoms with Gasteiger partial charge in [-0.2, -0.15) is 0 Å². The fourth-order valence-corrected chi connectivity index (χ4v) is 2.24. The van der Waals surface area contributed by atoms with E-state index in [4.69, 9.17) is 11.6 Å². The van der Waals surface area contributed by atoms with Gasteiger partial charge in [0.05, 0.1) is 17.9 Å². The third-order valence-corrected chi connectivity index (χ3v) is 3.55. The summed E-state index contributed by atoms with van der Waals surface area (Å²) in [7, 11) is 0. The minimum Gasteiger partial charge on any atom is -0.350 e. The van der Waals surface area contributed by atoms with Crippen LogP contribution in [0.25, 0.3) is 11.3 Å². The lowest BCUT2D eigenvalue weighted by molar-refractivity contribution is -0.122. The summed E-state index contributed by atoms with van der Waals surface area (Å²) in [6.07, 6.45) is 2.03. The fourth-order valence-electron chi connectivity index (χ4n) is 2.05. The fraction of sp³-hybridized carbons (Fsp3) is 0.250. The molecule has 0 unspecified atom stereocenters. The van der Waals surface area contributed by atoms with Crippen molar-refractivity contribution in [2.45, 2.75) is 19.4 Å². The van der Waals surface area contributed by atoms with Crippen LogP contribution in [0.15, 0.2) is 42.5 Å². The molecule has 0 saturated heterocycles. The summed E-state index contributed by atoms with van der Waals surface area (Å²) in [4.78, 5) is 16.2. The largest absolute Gasteiger partial charge is 0.350 e. The molecular formula is C16H15ClN2O. The lowest BCUT2D eigenvalue weighted by Crippen LogP contribution is -2.24. The average molecular weight is 287 g/mol. The zero-order valence-electron chi connectivity index (χ0n) is 11.0. The van der Waals surface area contributed by atoms with E-state index in [-0.39, 0.29) is 11.8 Å². The SMILES string of the molecule is O=C(NCc1cccc(-c2cccc(Cl)c2)n1)C1CC1. The smallest absolute Gasteiger partial charge is 0.223 e. The minimum absolute atomic E-state index is 0.139. The molecule has 102 valence electrons. The van der Waals surface area contributed by atoms with E-state index in [1.165, 1.54) is 0 Å². The van der Waals surface area contributed by atoms with Crippen molar-refractivity contribution in [3.05, 3.63) is 53.2 Å². The summed E-state index contributed by atoms with van der Waals surface area (Å²) in [6.45, 7) is 0.476. The zero-order chi connectivity index (χ0) is 13.9. The predicted octanol–water partition coefficient (Wildman–Crippen LogP) is 3.43. The summed E-state index contributed by atoms with van der Waals surface area (Å²) in [5.41, 5.74) is 2.70. The molecule has 20 heavy (non-hydrogen) atoms. The third-order valence-electron chi connectivity index (χ3n) is 3.32. The van der Waals surface area contributed by atoms with Crippen molar-refractivity contribution in [3.63, 3.8) is 0 Å². The maximum atomic E-state index is 11.6. The van der Waals surface area contributed by atoms with Crippen molar-refractivity contribution in [2.24, 2.45) is 5.92 Å². The number of carbonyl (C=O) groups excluding carboxylic acids is 1. The molecule has 0 atom stereocenters. The van der Waals surface area contributed by atoms with Crippen molar-refractivity contribution in [1.82, 2.24) is 10.3 Å². The molecule has 3 rings (SSSR count). The van der Waals surface area contributed by atoms with Crippen LogP contribution in [0.2, 0.25) is 5.02 Å². The van der Waals surface area contributed by atoms with Crippen LogP contribution in [0.4, 0.5) is 0 Å². The Morgan fingerprint density at radius 3 is 2.80 bits per heavy atom. The van der Waals surface area contributed by atoms with Crippen LogP contribution in [0, 0.1) is 5.92 Å². The summed E-state index contributed by atoms with van der Waals surface area (Å²) in [6, 6.07) is 13.4. The monoisotopic (exact) mass is 286 g/mol. The van der Waals surface area contributed by atoms with Crippen molar-refractivity contribution >= 4 is 17.5 Å². The highest BCUT2D eigenvalue weighted by Gasteiger charge is 2.29. The molecule has 0 aliphatic heterocycles. The van der Waals surface area contributed by atoms with Gasteiger partial charge in [0, 0.05) is 16.5 Å². The standard InChI is InChI=1S/C16H15ClN2O/c17-13-4-1-3-12(9-13)15-6-2-5-14(19-15)10-18-16(20)11-7-8-11/h1-6,9,11H,7-8,10H2,(H,18,20). The average Bonchev–Trinajstić information content (AvgIpc) is 3.30. The topological polar surface area (TPSA) is 42.0 Å². The zero-order valence-corrected chi connectivity index (χ0v) is 11.7. The van der Waals surface area contributed by atoms with Gasteiger partial charge in [-0.15, -0.1) is 0 Å². The van der Waals surface area contributed by atoms with Crippen molar-refractivity contribution in [3.8, 4) is 11.3 Å². The highest BCUT2D eigenvalue weighted by Crippen LogP contribution is 2.28. The van der Waals surface area contributed by atoms with Gasteiger partial charge in [0.25, 0.3) is 0 Å². The lowest BCUT2D eigenvalue weighted by Gasteiger charge is -2.06. The number of carbonyl (C=O) groups is 1. The number of rotatable bonds is 4. The van der Waals surface area contributed by atoms with E-state index >= 15 is 0 Å². The number of hydrogen-bond donors (Lipinski definition) is 1. The number of aromatic nitrogens is 1. The number of hydrogen-bond acceptors (Lipinski definition) is 2. The normalized spacial score (nSPS) is 14.1. The molecule has 1 aromatic heterocycles. The van der Waals surface area contributed by atoms with Gasteiger partial charge in [0.1, 0.15) is 0 Å². The van der Waals surface area contributed by atoms with Crippen LogP contribution in [0.1, 0.15) is 18.5 Å². The van der Waals surface area contributed by atoms with Crippen LogP contribution >= 0.6 is 11.6 Å². The Hall–Kier alpha value is -1.87. The minimum atomic E-state index is 0.139. The number of nitrogens with zero attached hydrogens (tertiary/aromatic N) is 1. The van der Waals surface area contributed by atoms with E-state index in [1.807, 2.05) is 42.5 Å². The van der Waals surface area contributed by atoms with E-state index in [1.54, 1.807) is 0 Å². The summed E-state index contributed by atoms with van der Waals surface area (Å²) in [5, 5.41) is 3.61. The first-order chi connectivity index (χ1) is 9.72. The molecule has 0 bridgehead atoms. The van der Waals surface area contributed by atoms with Crippen LogP contribution in [0.5, 0.6) is 0 Å². The maximum Gasteiger partial charge on any atom is 0.223 e. The Morgan fingerprint density at radius 2 is 2.05 bits per heavy atom. The molecule has 1 saturated carbocycles. The molecule has 3 nitrogen and oxygen atoms in total. The summed E-state index contributed by atoms with van der Waals surface area (Å²) in [5.74, 6) is 0.367. The molecule has 1 aliphatic rings. The molecule has 1 fully saturated rings. The highest BCUT2D eigenvalue weighted by atomic mass is 35.5. The van der Waals surface area contributed by atoms with Gasteiger partial charge in [-0.25, -0.2) is 0 Å². The Labute approximate surface area is 123 Å². The van der Waals surface area contributed by atoms with Gasteiger partial charge >= 0.3 is 0 Å². The van der Waals surface area contributed by atoms with Crippen molar-refractivity contribution in [2.75, 3.05) is 0 Å². The Bertz CT molecular complexity index is 638. The summed E-state index contributed by atoms with van der Waals surface area (Å²) < 4.78 is 0. The maximum absolute atomic E-state index is 11.6. The first kappa shape index (κ1) is 13.1. The Kier molecular flexibility index (Phi) is 3.70. The first-order valence-electron chi connectivity index (χ1n) is 6.72. The molecule has 1 aromatic carbocycles. The number of nitrogens with one attached hydrogen (secondary N) is 1. The lowest BCUT2D eigenvalue weighted by atomic mass is 10.1. The molecule has 1 aliphatic carbocycles. The molecule has 1 amide bonds. The Balaban J connectivity index is 1.73. The van der Waals surface area contributed by atoms with E-state index < -0.39 is 0 Å². The van der Waals surface area contributed by atoms with E-state index in [0.717, 1.165) is 29.8 Å². The number of pyridine rings is 1. The van der Waals surface area contributed by atoms with Gasteiger partial charge in [-0.05, 0) is 37.1 Å². The number of halogens is 1. The highest BCUT2D eigenvalue weighted by molar-refractivity contribution is 6.30. The molecule has 0 radical (unpaired) electrons. The van der Waals surface area contributed by atoms with Gasteiger partial charge in [-0.1, -0.05) is 29.8 Å². The first-order valence-corrected chi connectivity index (χ1v) is 7.10. The second kappa shape index (κ2) is 5.63. The molecule has 4 heteroatoms. The molecule has 0 spiro atoms. The number of amides is 1. The molecule has 1 heterocycles. The summed E-state index contributed by atoms with van der Waals surface area (Å²) >= 11 is 5.99. The van der Waals surface area contributed by atoms with Gasteiger partial charge < -0.3 is 5.32 Å². The molecule has 2 aromatic rings. The molecule has 1 N–H and O–H groups in total. The van der Waals surface area contributed by atoms with Gasteiger partial charge in [0.2, 0.25) is 5.91 Å². The second-order valence-electron chi connectivity index (χ2n) is 5.02. The van der Waals surface area contributed by atoms with Gasteiger partial charge in [-0.3, -0.25) is 9.78 Å². The van der Waals surface area contributed by atoms with Crippen LogP contribution in [-0.2, 0) is 11.3 Å². The van der Waals surface area contributed by atoms with Crippen molar-refractivity contribution in [1.29, 1.82) is 0 Å². The quantitative estimate of drug-likeness (QED) is 0.935. The van der Waals surface area contributed by atoms with E-state index in [2.05, 4.69) is 10.3 Å². The third kappa shape index (κ3) is 3.17. The van der Waals surface area contributed by atoms with E-state index in [9.17, 15) is 4.79 Å². The van der Waals surface area contributed by atoms with Crippen LogP contribution < -0.4 is 5.32 Å². The number of benzene rings is 1. The van der Waals surface area contributed by atoms with E-state index in [0.29, 0.717) is 11.6 Å². The predicted molar refractivity (Wildman–Crippen MR) is 79.3 cm³/mol. The Morgan fingerprint density at radius 1 is 1.25 bits per heavy atom.